The molecule has 1 fully saturated rings. The second-order valence-electron chi connectivity index (χ2n) is 8.64. The molecule has 0 aliphatic carbocycles. The van der Waals surface area contributed by atoms with Crippen molar-refractivity contribution < 1.29 is 27.5 Å². The second kappa shape index (κ2) is 10.1. The predicted molar refractivity (Wildman–Crippen MR) is 127 cm³/mol. The van der Waals surface area contributed by atoms with E-state index in [-0.39, 0.29) is 36.5 Å². The van der Waals surface area contributed by atoms with Crippen molar-refractivity contribution in [1.82, 2.24) is 4.31 Å². The molecule has 182 valence electrons. The molecule has 1 unspecified atom stereocenters. The van der Waals surface area contributed by atoms with E-state index >= 15 is 0 Å². The van der Waals surface area contributed by atoms with Crippen LogP contribution in [-0.2, 0) is 30.8 Å². The smallest absolute Gasteiger partial charge is 0.309 e. The second-order valence-corrected chi connectivity index (χ2v) is 10.6. The highest BCUT2D eigenvalue weighted by atomic mass is 32.2. The highest BCUT2D eigenvalue weighted by molar-refractivity contribution is 7.89. The molecule has 2 aromatic rings. The van der Waals surface area contributed by atoms with Gasteiger partial charge in [-0.3, -0.25) is 9.59 Å². The number of nitrogens with zero attached hydrogens (tertiary/aromatic N) is 2. The number of amides is 1. The summed E-state index contributed by atoms with van der Waals surface area (Å²) in [5, 5.41) is 0. The highest BCUT2D eigenvalue weighted by Crippen LogP contribution is 2.32. The number of ether oxygens (including phenoxy) is 2. The molecule has 0 radical (unpaired) electrons. The Morgan fingerprint density at radius 1 is 1.03 bits per heavy atom. The minimum atomic E-state index is -3.65. The summed E-state index contributed by atoms with van der Waals surface area (Å²) in [6.45, 7) is 4.47. The molecule has 2 aromatic carbocycles. The third kappa shape index (κ3) is 4.95. The van der Waals surface area contributed by atoms with Crippen LogP contribution in [0.25, 0.3) is 0 Å². The first-order valence-corrected chi connectivity index (χ1v) is 13.0. The van der Waals surface area contributed by atoms with Crippen LogP contribution in [0, 0.1) is 5.92 Å². The number of hydrogen-bond acceptors (Lipinski definition) is 6. The number of sulfonamides is 1. The van der Waals surface area contributed by atoms with E-state index in [0.29, 0.717) is 25.2 Å². The monoisotopic (exact) mass is 486 g/mol. The largest absolute Gasteiger partial charge is 0.494 e. The Morgan fingerprint density at radius 2 is 1.71 bits per heavy atom. The molecule has 34 heavy (non-hydrogen) atoms. The topological polar surface area (TPSA) is 93.2 Å². The Morgan fingerprint density at radius 3 is 2.38 bits per heavy atom. The van der Waals surface area contributed by atoms with E-state index in [1.165, 1.54) is 16.4 Å². The molecule has 4 rings (SSSR count). The maximum atomic E-state index is 12.9. The average Bonchev–Trinajstić information content (AvgIpc) is 3.18. The van der Waals surface area contributed by atoms with E-state index in [0.717, 1.165) is 17.7 Å². The number of benzene rings is 2. The quantitative estimate of drug-likeness (QED) is 0.559. The molecule has 0 saturated carbocycles. The van der Waals surface area contributed by atoms with Crippen molar-refractivity contribution in [3.8, 4) is 5.75 Å². The van der Waals surface area contributed by atoms with Gasteiger partial charge < -0.3 is 14.4 Å². The summed E-state index contributed by atoms with van der Waals surface area (Å²) >= 11 is 0. The first-order chi connectivity index (χ1) is 16.3. The zero-order chi connectivity index (χ0) is 24.3. The van der Waals surface area contributed by atoms with Crippen molar-refractivity contribution >= 4 is 27.6 Å². The molecule has 2 aliphatic heterocycles. The van der Waals surface area contributed by atoms with Crippen LogP contribution in [0.4, 0.5) is 5.69 Å². The van der Waals surface area contributed by atoms with Crippen molar-refractivity contribution in [2.75, 3.05) is 31.2 Å². The summed E-state index contributed by atoms with van der Waals surface area (Å²) in [7, 11) is -3.65. The molecule has 1 amide bonds. The zero-order valence-electron chi connectivity index (χ0n) is 19.5. The van der Waals surface area contributed by atoms with E-state index in [4.69, 9.17) is 9.47 Å². The summed E-state index contributed by atoms with van der Waals surface area (Å²) in [6.07, 6.45) is 1.48. The Bertz CT molecular complexity index is 1140. The lowest BCUT2D eigenvalue weighted by Crippen LogP contribution is -2.42. The van der Waals surface area contributed by atoms with Crippen molar-refractivity contribution in [2.24, 2.45) is 5.92 Å². The van der Waals surface area contributed by atoms with E-state index in [1.807, 2.05) is 38.1 Å². The number of rotatable bonds is 7. The molecule has 2 aliphatic rings. The predicted octanol–water partition coefficient (Wildman–Crippen LogP) is 3.01. The van der Waals surface area contributed by atoms with Gasteiger partial charge in [0.15, 0.2) is 6.61 Å². The van der Waals surface area contributed by atoms with Gasteiger partial charge in [-0.1, -0.05) is 18.2 Å². The van der Waals surface area contributed by atoms with Crippen LogP contribution in [0.5, 0.6) is 5.75 Å². The number of anilines is 1. The lowest BCUT2D eigenvalue weighted by atomic mass is 9.98. The number of carbonyl (C=O) groups excluding carboxylic acids is 2. The van der Waals surface area contributed by atoms with Gasteiger partial charge in [0.2, 0.25) is 10.0 Å². The van der Waals surface area contributed by atoms with Gasteiger partial charge in [-0.25, -0.2) is 8.42 Å². The highest BCUT2D eigenvalue weighted by Gasteiger charge is 2.34. The molecule has 0 bridgehead atoms. The van der Waals surface area contributed by atoms with E-state index in [2.05, 4.69) is 0 Å². The fraction of sp³-hybridized carbons (Fsp3) is 0.440. The van der Waals surface area contributed by atoms with Crippen LogP contribution in [0.2, 0.25) is 0 Å². The molecule has 1 saturated heterocycles. The molecule has 1 atom stereocenters. The van der Waals surface area contributed by atoms with E-state index < -0.39 is 21.9 Å². The molecular formula is C25H30N2O6S. The van der Waals surface area contributed by atoms with Gasteiger partial charge in [-0.05, 0) is 69.0 Å². The van der Waals surface area contributed by atoms with Crippen LogP contribution < -0.4 is 9.64 Å². The molecule has 8 nitrogen and oxygen atoms in total. The van der Waals surface area contributed by atoms with E-state index in [1.54, 1.807) is 17.0 Å². The summed E-state index contributed by atoms with van der Waals surface area (Å²) in [4.78, 5) is 27.2. The third-order valence-corrected chi connectivity index (χ3v) is 8.29. The zero-order valence-corrected chi connectivity index (χ0v) is 20.3. The number of esters is 1. The molecule has 0 N–H and O–H groups in total. The van der Waals surface area contributed by atoms with Gasteiger partial charge in [0.25, 0.3) is 5.91 Å². The Labute approximate surface area is 200 Å². The van der Waals surface area contributed by atoms with Crippen LogP contribution in [0.15, 0.2) is 53.4 Å². The number of hydrogen-bond donors (Lipinski definition) is 0. The van der Waals surface area contributed by atoms with E-state index in [9.17, 15) is 18.0 Å². The maximum Gasteiger partial charge on any atom is 0.309 e. The number of carbonyl (C=O) groups is 2. The van der Waals surface area contributed by atoms with Crippen LogP contribution in [-0.4, -0.2) is 56.9 Å². The first-order valence-electron chi connectivity index (χ1n) is 11.6. The number of para-hydroxylation sites is 1. The van der Waals surface area contributed by atoms with Gasteiger partial charge in [0.1, 0.15) is 5.75 Å². The molecule has 9 heteroatoms. The van der Waals surface area contributed by atoms with Gasteiger partial charge in [-0.15, -0.1) is 0 Å². The fourth-order valence-electron chi connectivity index (χ4n) is 4.62. The fourth-order valence-corrected chi connectivity index (χ4v) is 6.09. The maximum absolute atomic E-state index is 12.9. The Hall–Kier alpha value is -2.91. The lowest BCUT2D eigenvalue weighted by Gasteiger charge is -2.30. The summed E-state index contributed by atoms with van der Waals surface area (Å²) in [6, 6.07) is 14.1. The van der Waals surface area contributed by atoms with Gasteiger partial charge >= 0.3 is 5.97 Å². The SMILES string of the molecule is CCOc1ccc(S(=O)(=O)N2CCC(C(=O)OCC(=O)N3c4ccccc4CC3C)CC2)cc1. The van der Waals surface area contributed by atoms with Crippen molar-refractivity contribution in [3.05, 3.63) is 54.1 Å². The minimum Gasteiger partial charge on any atom is -0.494 e. The summed E-state index contributed by atoms with van der Waals surface area (Å²) < 4.78 is 38.0. The normalized spacial score (nSPS) is 19.0. The minimum absolute atomic E-state index is 0.0136. The average molecular weight is 487 g/mol. The van der Waals surface area contributed by atoms with Gasteiger partial charge in [0.05, 0.1) is 17.4 Å². The Balaban J connectivity index is 1.29. The van der Waals surface area contributed by atoms with Crippen molar-refractivity contribution in [2.45, 2.75) is 44.0 Å². The van der Waals surface area contributed by atoms with Crippen LogP contribution in [0.3, 0.4) is 0 Å². The molecular weight excluding hydrogens is 456 g/mol. The third-order valence-electron chi connectivity index (χ3n) is 6.37. The van der Waals surface area contributed by atoms with Crippen LogP contribution in [0.1, 0.15) is 32.3 Å². The van der Waals surface area contributed by atoms with Gasteiger partial charge in [-0.2, -0.15) is 4.31 Å². The lowest BCUT2D eigenvalue weighted by molar-refractivity contribution is -0.153. The van der Waals surface area contributed by atoms with Crippen LogP contribution >= 0.6 is 0 Å². The first kappa shape index (κ1) is 24.2. The standard InChI is InChI=1S/C25H30N2O6S/c1-3-32-21-8-10-22(11-9-21)34(30,31)26-14-12-19(13-15-26)25(29)33-17-24(28)27-18(2)16-20-6-4-5-7-23(20)27/h4-11,18-19H,3,12-17H2,1-2H3. The molecule has 0 spiro atoms. The summed E-state index contributed by atoms with van der Waals surface area (Å²) in [5.41, 5.74) is 1.97. The van der Waals surface area contributed by atoms with Crippen molar-refractivity contribution in [1.29, 1.82) is 0 Å². The number of piperidine rings is 1. The Kier molecular flexibility index (Phi) is 7.23. The van der Waals surface area contributed by atoms with Crippen molar-refractivity contribution in [3.63, 3.8) is 0 Å². The molecule has 0 aromatic heterocycles. The molecule has 2 heterocycles. The summed E-state index contributed by atoms with van der Waals surface area (Å²) in [5.74, 6) is -0.514. The van der Waals surface area contributed by atoms with Gasteiger partial charge in [0, 0.05) is 24.8 Å². The number of fused-ring (bicyclic) bond motifs is 1.